The van der Waals surface area contributed by atoms with E-state index in [9.17, 15) is 19.5 Å². The minimum atomic E-state index is -1.07. The lowest BCUT2D eigenvalue weighted by Gasteiger charge is -2.22. The Bertz CT molecular complexity index is 1010. The summed E-state index contributed by atoms with van der Waals surface area (Å²) < 4.78 is 11.0. The smallest absolute Gasteiger partial charge is 0.407 e. The van der Waals surface area contributed by atoms with Crippen molar-refractivity contribution in [2.24, 2.45) is 5.92 Å². The molecule has 1 fully saturated rings. The van der Waals surface area contributed by atoms with Crippen molar-refractivity contribution in [1.82, 2.24) is 10.6 Å². The van der Waals surface area contributed by atoms with Crippen LogP contribution in [0.25, 0.3) is 11.1 Å². The summed E-state index contributed by atoms with van der Waals surface area (Å²) in [5.74, 6) is -2.25. The molecule has 2 aromatic carbocycles. The molecule has 1 heterocycles. The SMILES string of the molecule is CCCC[C@H](NC(=O)C1COCC1NC(=O)OCC1c2ccccc2-c2ccccc21)C(=O)O. The highest BCUT2D eigenvalue weighted by atomic mass is 16.5. The van der Waals surface area contributed by atoms with Gasteiger partial charge >= 0.3 is 12.1 Å². The number of ether oxygens (including phenoxy) is 2. The van der Waals surface area contributed by atoms with Crippen LogP contribution in [0.2, 0.25) is 0 Å². The molecule has 0 spiro atoms. The van der Waals surface area contributed by atoms with Gasteiger partial charge in [0.25, 0.3) is 0 Å². The quantitative estimate of drug-likeness (QED) is 0.523. The fourth-order valence-corrected chi connectivity index (χ4v) is 4.69. The average Bonchev–Trinajstić information content (AvgIpc) is 3.42. The largest absolute Gasteiger partial charge is 0.480 e. The third-order valence-corrected chi connectivity index (χ3v) is 6.53. The third-order valence-electron chi connectivity index (χ3n) is 6.53. The lowest BCUT2D eigenvalue weighted by molar-refractivity contribution is -0.142. The van der Waals surface area contributed by atoms with Gasteiger partial charge in [0.05, 0.1) is 25.2 Å². The molecule has 2 amide bonds. The van der Waals surface area contributed by atoms with Gasteiger partial charge in [-0.15, -0.1) is 0 Å². The molecule has 0 bridgehead atoms. The fourth-order valence-electron chi connectivity index (χ4n) is 4.69. The van der Waals surface area contributed by atoms with Crippen LogP contribution in [0.3, 0.4) is 0 Å². The van der Waals surface area contributed by atoms with Gasteiger partial charge in [-0.2, -0.15) is 0 Å². The van der Waals surface area contributed by atoms with Crippen LogP contribution in [0.1, 0.15) is 43.2 Å². The Labute approximate surface area is 198 Å². The predicted octanol–water partition coefficient (Wildman–Crippen LogP) is 3.30. The zero-order valence-corrected chi connectivity index (χ0v) is 19.2. The molecule has 0 saturated carbocycles. The first kappa shape index (κ1) is 23.8. The molecular formula is C26H30N2O6. The molecule has 0 radical (unpaired) electrons. The van der Waals surface area contributed by atoms with E-state index >= 15 is 0 Å². The van der Waals surface area contributed by atoms with Crippen molar-refractivity contribution in [2.45, 2.75) is 44.2 Å². The lowest BCUT2D eigenvalue weighted by atomic mass is 9.98. The van der Waals surface area contributed by atoms with Gasteiger partial charge < -0.3 is 25.2 Å². The van der Waals surface area contributed by atoms with E-state index < -0.39 is 36.0 Å². The number of hydrogen-bond acceptors (Lipinski definition) is 5. The van der Waals surface area contributed by atoms with Crippen molar-refractivity contribution in [1.29, 1.82) is 0 Å². The first-order chi connectivity index (χ1) is 16.5. The second kappa shape index (κ2) is 10.7. The van der Waals surface area contributed by atoms with Crippen LogP contribution >= 0.6 is 0 Å². The molecule has 0 aromatic heterocycles. The monoisotopic (exact) mass is 466 g/mol. The standard InChI is InChI=1S/C26H30N2O6/c1-2-3-12-22(25(30)31)27-24(29)21-13-33-15-23(21)28-26(32)34-14-20-18-10-6-4-8-16(18)17-9-5-7-11-19(17)20/h4-11,20-23H,2-3,12-15H2,1H3,(H,27,29)(H,28,32)(H,30,31)/t21?,22-,23?/m0/s1. The molecule has 4 rings (SSSR count). The molecule has 2 aliphatic rings. The van der Waals surface area contributed by atoms with E-state index in [0.717, 1.165) is 28.7 Å². The Morgan fingerprint density at radius 2 is 1.71 bits per heavy atom. The Balaban J connectivity index is 1.35. The molecule has 1 aliphatic heterocycles. The maximum absolute atomic E-state index is 12.7. The van der Waals surface area contributed by atoms with Gasteiger partial charge in [0.15, 0.2) is 0 Å². The van der Waals surface area contributed by atoms with Crippen LogP contribution in [-0.4, -0.2) is 55.0 Å². The normalized spacial score (nSPS) is 19.7. The number of carboxylic acids is 1. The predicted molar refractivity (Wildman–Crippen MR) is 125 cm³/mol. The Hall–Kier alpha value is -3.39. The molecule has 8 heteroatoms. The molecule has 1 saturated heterocycles. The highest BCUT2D eigenvalue weighted by Gasteiger charge is 2.37. The van der Waals surface area contributed by atoms with Crippen molar-refractivity contribution in [3.8, 4) is 11.1 Å². The summed E-state index contributed by atoms with van der Waals surface area (Å²) in [6.07, 6.45) is 1.25. The molecule has 2 aromatic rings. The molecule has 3 N–H and O–H groups in total. The third kappa shape index (κ3) is 5.07. The number of alkyl carbamates (subject to hydrolysis) is 1. The minimum absolute atomic E-state index is 0.0630. The van der Waals surface area contributed by atoms with Crippen molar-refractivity contribution < 1.29 is 29.0 Å². The Morgan fingerprint density at radius 1 is 1.06 bits per heavy atom. The first-order valence-corrected chi connectivity index (χ1v) is 11.7. The van der Waals surface area contributed by atoms with E-state index in [-0.39, 0.29) is 25.7 Å². The molecular weight excluding hydrogens is 436 g/mol. The van der Waals surface area contributed by atoms with Crippen LogP contribution in [0.15, 0.2) is 48.5 Å². The summed E-state index contributed by atoms with van der Waals surface area (Å²) in [5.41, 5.74) is 4.52. The summed E-state index contributed by atoms with van der Waals surface area (Å²) in [5, 5.41) is 14.7. The van der Waals surface area contributed by atoms with Gasteiger partial charge in [0.1, 0.15) is 12.6 Å². The highest BCUT2D eigenvalue weighted by molar-refractivity contribution is 5.86. The van der Waals surface area contributed by atoms with Crippen molar-refractivity contribution in [2.75, 3.05) is 19.8 Å². The molecule has 1 aliphatic carbocycles. The van der Waals surface area contributed by atoms with Gasteiger partial charge in [-0.05, 0) is 28.7 Å². The maximum Gasteiger partial charge on any atom is 0.407 e. The number of hydrogen-bond donors (Lipinski definition) is 3. The Kier molecular flexibility index (Phi) is 7.47. The minimum Gasteiger partial charge on any atom is -0.480 e. The topological polar surface area (TPSA) is 114 Å². The number of carboxylic acid groups (broad SMARTS) is 1. The second-order valence-corrected chi connectivity index (χ2v) is 8.76. The number of aliphatic carboxylic acids is 1. The number of fused-ring (bicyclic) bond motifs is 3. The van der Waals surface area contributed by atoms with E-state index in [2.05, 4.69) is 22.8 Å². The van der Waals surface area contributed by atoms with Gasteiger partial charge in [0, 0.05) is 5.92 Å². The maximum atomic E-state index is 12.7. The van der Waals surface area contributed by atoms with E-state index in [1.165, 1.54) is 0 Å². The van der Waals surface area contributed by atoms with Crippen molar-refractivity contribution in [3.05, 3.63) is 59.7 Å². The number of carbonyl (C=O) groups excluding carboxylic acids is 2. The van der Waals surface area contributed by atoms with Gasteiger partial charge in [0.2, 0.25) is 5.91 Å². The first-order valence-electron chi connectivity index (χ1n) is 11.7. The number of carbonyl (C=O) groups is 3. The van der Waals surface area contributed by atoms with E-state index in [4.69, 9.17) is 9.47 Å². The number of amides is 2. The molecule has 3 atom stereocenters. The van der Waals surface area contributed by atoms with E-state index in [0.29, 0.717) is 12.8 Å². The van der Waals surface area contributed by atoms with Gasteiger partial charge in [-0.3, -0.25) is 4.79 Å². The summed E-state index contributed by atoms with van der Waals surface area (Å²) >= 11 is 0. The number of benzene rings is 2. The zero-order valence-electron chi connectivity index (χ0n) is 19.2. The molecule has 180 valence electrons. The summed E-state index contributed by atoms with van der Waals surface area (Å²) in [6, 6.07) is 14.6. The van der Waals surface area contributed by atoms with Crippen LogP contribution in [0.4, 0.5) is 4.79 Å². The number of rotatable bonds is 9. The van der Waals surface area contributed by atoms with E-state index in [1.807, 2.05) is 43.3 Å². The average molecular weight is 467 g/mol. The lowest BCUT2D eigenvalue weighted by Crippen LogP contribution is -2.50. The molecule has 34 heavy (non-hydrogen) atoms. The van der Waals surface area contributed by atoms with Crippen molar-refractivity contribution in [3.63, 3.8) is 0 Å². The van der Waals surface area contributed by atoms with Crippen LogP contribution in [0, 0.1) is 5.92 Å². The summed E-state index contributed by atoms with van der Waals surface area (Å²) in [6.45, 7) is 2.40. The molecule has 2 unspecified atom stereocenters. The van der Waals surface area contributed by atoms with Crippen LogP contribution in [-0.2, 0) is 19.1 Å². The van der Waals surface area contributed by atoms with Crippen molar-refractivity contribution >= 4 is 18.0 Å². The van der Waals surface area contributed by atoms with Crippen LogP contribution < -0.4 is 10.6 Å². The second-order valence-electron chi connectivity index (χ2n) is 8.76. The van der Waals surface area contributed by atoms with Gasteiger partial charge in [-0.25, -0.2) is 9.59 Å². The molecule has 8 nitrogen and oxygen atoms in total. The number of nitrogens with one attached hydrogen (secondary N) is 2. The zero-order chi connectivity index (χ0) is 24.1. The Morgan fingerprint density at radius 3 is 2.32 bits per heavy atom. The summed E-state index contributed by atoms with van der Waals surface area (Å²) in [7, 11) is 0. The number of unbranched alkanes of at least 4 members (excludes halogenated alkanes) is 1. The van der Waals surface area contributed by atoms with Crippen LogP contribution in [0.5, 0.6) is 0 Å². The van der Waals surface area contributed by atoms with E-state index in [1.54, 1.807) is 0 Å². The highest BCUT2D eigenvalue weighted by Crippen LogP contribution is 2.44. The van der Waals surface area contributed by atoms with Gasteiger partial charge in [-0.1, -0.05) is 68.3 Å². The fraction of sp³-hybridized carbons (Fsp3) is 0.423. The summed E-state index contributed by atoms with van der Waals surface area (Å²) in [4.78, 5) is 36.8.